The number of fused-ring (bicyclic) bond motifs is 2. The molecule has 0 aromatic heterocycles. The number of esters is 4. The fraction of sp³-hybridized carbons (Fsp3) is 0.485. The Balaban J connectivity index is 1.38. The Morgan fingerprint density at radius 1 is 0.480 bits per heavy atom. The van der Waals surface area contributed by atoms with Gasteiger partial charge in [0.25, 0.3) is 11.6 Å². The maximum Gasteiger partial charge on any atom is 0.331 e. The van der Waals surface area contributed by atoms with Gasteiger partial charge in [0.2, 0.25) is 0 Å². The Kier molecular flexibility index (Phi) is 13.3. The molecule has 4 rings (SSSR count). The van der Waals surface area contributed by atoms with Gasteiger partial charge in [0, 0.05) is 12.8 Å². The van der Waals surface area contributed by atoms with Gasteiger partial charge >= 0.3 is 23.9 Å². The summed E-state index contributed by atoms with van der Waals surface area (Å²) < 4.78 is 64.1. The Labute approximate surface area is 286 Å². The largest absolute Gasteiger partial charge is 0.467 e. The molecule has 2 aromatic rings. The van der Waals surface area contributed by atoms with Gasteiger partial charge < -0.3 is 56.8 Å². The molecule has 0 fully saturated rings. The van der Waals surface area contributed by atoms with Gasteiger partial charge in [0.05, 0.1) is 28.4 Å². The standard InChI is InChI=1S/C33H38O17/c1-39-28(35)13-43-17-32(18-44-14-29(36)40-2)47-24-7-5-21(11-26(24)49-32)9-23(34)10-22-6-8-25-27(12-22)50-33(48-25,19-45-15-30(37)41-3)20-46-16-31(38)42-4/h5-8,11-12H,9-10,13-20H2,1-4H3. The van der Waals surface area contributed by atoms with Crippen LogP contribution in [-0.2, 0) is 74.7 Å². The third-order valence-electron chi connectivity index (χ3n) is 7.08. The molecule has 0 aliphatic carbocycles. The van der Waals surface area contributed by atoms with Crippen LogP contribution in [-0.4, -0.2) is 123 Å². The first-order chi connectivity index (χ1) is 24.0. The highest BCUT2D eigenvalue weighted by Crippen LogP contribution is 2.42. The molecular formula is C33H38O17. The molecular weight excluding hydrogens is 668 g/mol. The van der Waals surface area contributed by atoms with Crippen molar-refractivity contribution in [1.82, 2.24) is 0 Å². The van der Waals surface area contributed by atoms with Crippen LogP contribution in [0.25, 0.3) is 0 Å². The number of carbonyl (C=O) groups excluding carboxylic acids is 5. The van der Waals surface area contributed by atoms with E-state index in [1.807, 2.05) is 0 Å². The summed E-state index contributed by atoms with van der Waals surface area (Å²) >= 11 is 0. The summed E-state index contributed by atoms with van der Waals surface area (Å²) in [5.74, 6) is -4.32. The first-order valence-corrected chi connectivity index (χ1v) is 15.1. The molecule has 0 bridgehead atoms. The first kappa shape index (κ1) is 37.8. The van der Waals surface area contributed by atoms with Gasteiger partial charge in [-0.3, -0.25) is 4.79 Å². The van der Waals surface area contributed by atoms with Crippen molar-refractivity contribution in [2.75, 3.05) is 81.3 Å². The fourth-order valence-electron chi connectivity index (χ4n) is 4.73. The van der Waals surface area contributed by atoms with Gasteiger partial charge in [0.15, 0.2) is 23.0 Å². The van der Waals surface area contributed by atoms with Gasteiger partial charge in [-0.25, -0.2) is 19.2 Å². The average molecular weight is 707 g/mol. The van der Waals surface area contributed by atoms with E-state index >= 15 is 0 Å². The molecule has 2 aliphatic heterocycles. The number of Topliss-reactive ketones (excluding diaryl/α,β-unsaturated/α-hetero) is 1. The smallest absolute Gasteiger partial charge is 0.331 e. The molecule has 0 atom stereocenters. The predicted octanol–water partition coefficient (Wildman–Crippen LogP) is 0.734. The molecule has 272 valence electrons. The molecule has 0 spiro atoms. The first-order valence-electron chi connectivity index (χ1n) is 15.1. The Morgan fingerprint density at radius 3 is 1.08 bits per heavy atom. The third kappa shape index (κ3) is 10.5. The number of hydrogen-bond donors (Lipinski definition) is 0. The number of carbonyl (C=O) groups is 5. The number of ketones is 1. The van der Waals surface area contributed by atoms with Gasteiger partial charge in [-0.05, 0) is 35.4 Å². The molecule has 17 nitrogen and oxygen atoms in total. The van der Waals surface area contributed by atoms with Crippen molar-refractivity contribution in [3.05, 3.63) is 47.5 Å². The van der Waals surface area contributed by atoms with Crippen molar-refractivity contribution in [2.45, 2.75) is 24.4 Å². The SMILES string of the molecule is COC(=O)COCC1(COCC(=O)OC)Oc2ccc(CC(=O)Cc3ccc4c(c3)OC(COCC(=O)OC)(COCC(=O)OC)O4)cc2O1. The van der Waals surface area contributed by atoms with Gasteiger partial charge in [-0.2, -0.15) is 0 Å². The molecule has 2 aromatic carbocycles. The number of ether oxygens (including phenoxy) is 12. The van der Waals surface area contributed by atoms with Crippen LogP contribution in [0.4, 0.5) is 0 Å². The monoisotopic (exact) mass is 706 g/mol. The van der Waals surface area contributed by atoms with Crippen molar-refractivity contribution < 1.29 is 80.8 Å². The van der Waals surface area contributed by atoms with E-state index in [2.05, 4.69) is 18.9 Å². The van der Waals surface area contributed by atoms with Gasteiger partial charge in [-0.15, -0.1) is 0 Å². The minimum atomic E-state index is -1.52. The molecule has 2 aliphatic rings. The van der Waals surface area contributed by atoms with Crippen molar-refractivity contribution in [2.24, 2.45) is 0 Å². The van der Waals surface area contributed by atoms with Crippen LogP contribution in [0.3, 0.4) is 0 Å². The zero-order valence-corrected chi connectivity index (χ0v) is 28.0. The number of benzene rings is 2. The second kappa shape index (κ2) is 17.6. The summed E-state index contributed by atoms with van der Waals surface area (Å²) in [6.07, 6.45) is 0.0882. The molecule has 2 heterocycles. The van der Waals surface area contributed by atoms with Gasteiger partial charge in [-0.1, -0.05) is 12.1 Å². The van der Waals surface area contributed by atoms with E-state index in [0.717, 1.165) is 0 Å². The quantitative estimate of drug-likeness (QED) is 0.138. The normalized spacial score (nSPS) is 14.5. The third-order valence-corrected chi connectivity index (χ3v) is 7.08. The summed E-state index contributed by atoms with van der Waals surface area (Å²) in [5.41, 5.74) is 1.26. The van der Waals surface area contributed by atoms with E-state index in [9.17, 15) is 24.0 Å². The van der Waals surface area contributed by atoms with Crippen LogP contribution in [0, 0.1) is 0 Å². The second-order valence-electron chi connectivity index (χ2n) is 11.0. The molecule has 0 amide bonds. The lowest BCUT2D eigenvalue weighted by atomic mass is 10.0. The van der Waals surface area contributed by atoms with Crippen LogP contribution >= 0.6 is 0 Å². The maximum atomic E-state index is 13.2. The van der Waals surface area contributed by atoms with Gasteiger partial charge in [0.1, 0.15) is 58.6 Å². The Morgan fingerprint density at radius 2 is 0.780 bits per heavy atom. The highest BCUT2D eigenvalue weighted by atomic mass is 16.8. The summed E-state index contributed by atoms with van der Waals surface area (Å²) in [6, 6.07) is 9.96. The fourth-order valence-corrected chi connectivity index (χ4v) is 4.73. The van der Waals surface area contributed by atoms with Crippen LogP contribution in [0.5, 0.6) is 23.0 Å². The van der Waals surface area contributed by atoms with E-state index in [1.54, 1.807) is 36.4 Å². The zero-order chi connectivity index (χ0) is 36.1. The van der Waals surface area contributed by atoms with E-state index in [-0.39, 0.29) is 71.5 Å². The molecule has 0 unspecified atom stereocenters. The number of methoxy groups -OCH3 is 4. The molecule has 0 saturated heterocycles. The minimum Gasteiger partial charge on any atom is -0.467 e. The lowest BCUT2D eigenvalue weighted by Gasteiger charge is -2.26. The van der Waals surface area contributed by atoms with Crippen molar-refractivity contribution in [3.63, 3.8) is 0 Å². The molecule has 50 heavy (non-hydrogen) atoms. The van der Waals surface area contributed by atoms with Crippen molar-refractivity contribution >= 4 is 29.7 Å². The van der Waals surface area contributed by atoms with Crippen molar-refractivity contribution in [1.29, 1.82) is 0 Å². The van der Waals surface area contributed by atoms with Crippen LogP contribution < -0.4 is 18.9 Å². The van der Waals surface area contributed by atoms with Crippen LogP contribution in [0.2, 0.25) is 0 Å². The predicted molar refractivity (Wildman–Crippen MR) is 165 cm³/mol. The van der Waals surface area contributed by atoms with E-state index < -0.39 is 35.5 Å². The topological polar surface area (TPSA) is 196 Å². The van der Waals surface area contributed by atoms with E-state index in [0.29, 0.717) is 34.1 Å². The van der Waals surface area contributed by atoms with E-state index in [1.165, 1.54) is 28.4 Å². The Hall–Kier alpha value is -4.97. The summed E-state index contributed by atoms with van der Waals surface area (Å²) in [6.45, 7) is -2.45. The molecule has 17 heteroatoms. The minimum absolute atomic E-state index is 0.0441. The molecule has 0 saturated carbocycles. The summed E-state index contributed by atoms with van der Waals surface area (Å²) in [7, 11) is 4.89. The number of rotatable bonds is 20. The average Bonchev–Trinajstić information content (AvgIpc) is 3.65. The number of hydrogen-bond acceptors (Lipinski definition) is 17. The molecule has 0 radical (unpaired) electrons. The highest BCUT2D eigenvalue weighted by molar-refractivity contribution is 5.83. The second-order valence-corrected chi connectivity index (χ2v) is 11.0. The molecule has 0 N–H and O–H groups in total. The maximum absolute atomic E-state index is 13.2. The lowest BCUT2D eigenvalue weighted by Crippen LogP contribution is -2.48. The Bertz CT molecular complexity index is 1380. The van der Waals surface area contributed by atoms with Crippen molar-refractivity contribution in [3.8, 4) is 23.0 Å². The van der Waals surface area contributed by atoms with Crippen LogP contribution in [0.1, 0.15) is 11.1 Å². The van der Waals surface area contributed by atoms with E-state index in [4.69, 9.17) is 37.9 Å². The zero-order valence-electron chi connectivity index (χ0n) is 28.0. The lowest BCUT2D eigenvalue weighted by molar-refractivity contribution is -0.182. The summed E-state index contributed by atoms with van der Waals surface area (Å²) in [5, 5.41) is 0. The summed E-state index contributed by atoms with van der Waals surface area (Å²) in [4.78, 5) is 59.3. The highest BCUT2D eigenvalue weighted by Gasteiger charge is 2.44. The van der Waals surface area contributed by atoms with Crippen LogP contribution in [0.15, 0.2) is 36.4 Å².